The third-order valence-electron chi connectivity index (χ3n) is 5.70. The smallest absolute Gasteiger partial charge is 0.174 e. The van der Waals surface area contributed by atoms with Gasteiger partial charge in [-0.1, -0.05) is 24.3 Å². The quantitative estimate of drug-likeness (QED) is 0.380. The van der Waals surface area contributed by atoms with Crippen LogP contribution in [0.4, 0.5) is 5.69 Å². The van der Waals surface area contributed by atoms with Crippen LogP contribution in [0.3, 0.4) is 0 Å². The number of aromatic nitrogens is 2. The number of benzene rings is 2. The van der Waals surface area contributed by atoms with Crippen molar-refractivity contribution in [2.75, 3.05) is 4.90 Å². The van der Waals surface area contributed by atoms with E-state index in [0.29, 0.717) is 5.11 Å². The summed E-state index contributed by atoms with van der Waals surface area (Å²) in [5.74, 6) is 1.60. The Balaban J connectivity index is 1.50. The molecule has 1 fully saturated rings. The number of hydrogen-bond donors (Lipinski definition) is 1. The van der Waals surface area contributed by atoms with Gasteiger partial charge in [-0.2, -0.15) is 0 Å². The summed E-state index contributed by atoms with van der Waals surface area (Å²) in [6.45, 7) is 3.04. The van der Waals surface area contributed by atoms with Crippen molar-refractivity contribution in [3.05, 3.63) is 109 Å². The molecule has 1 saturated heterocycles. The average Bonchev–Trinajstić information content (AvgIpc) is 3.44. The molecule has 1 aliphatic rings. The molecule has 2 atom stereocenters. The normalized spacial score (nSPS) is 17.9. The molecular formula is C26H24N4OS. The second kappa shape index (κ2) is 8.85. The Labute approximate surface area is 193 Å². The van der Waals surface area contributed by atoms with Gasteiger partial charge in [0.15, 0.2) is 5.11 Å². The van der Waals surface area contributed by atoms with Gasteiger partial charge in [0.25, 0.3) is 0 Å². The number of pyridine rings is 1. The zero-order valence-electron chi connectivity index (χ0n) is 17.8. The molecule has 0 radical (unpaired) electrons. The number of nitrogens with one attached hydrogen (secondary N) is 1. The second-order valence-corrected chi connectivity index (χ2v) is 8.01. The summed E-state index contributed by atoms with van der Waals surface area (Å²) in [6.07, 6.45) is 3.94. The maximum atomic E-state index is 5.97. The van der Waals surface area contributed by atoms with Gasteiger partial charge in [0.2, 0.25) is 0 Å². The lowest BCUT2D eigenvalue weighted by Gasteiger charge is -2.29. The summed E-state index contributed by atoms with van der Waals surface area (Å²) in [6, 6.07) is 28.0. The molecule has 1 N–H and O–H groups in total. The lowest BCUT2D eigenvalue weighted by molar-refractivity contribution is 0.482. The van der Waals surface area contributed by atoms with Gasteiger partial charge in [-0.05, 0) is 79.8 Å². The van der Waals surface area contributed by atoms with Crippen LogP contribution in [-0.2, 0) is 6.54 Å². The van der Waals surface area contributed by atoms with E-state index < -0.39 is 0 Å². The first-order valence-electron chi connectivity index (χ1n) is 10.7. The number of ether oxygens (including phenoxy) is 1. The highest BCUT2D eigenvalue weighted by Crippen LogP contribution is 2.42. The highest BCUT2D eigenvalue weighted by Gasteiger charge is 2.41. The Morgan fingerprint density at radius 3 is 2.38 bits per heavy atom. The molecule has 5 rings (SSSR count). The predicted octanol–water partition coefficient (Wildman–Crippen LogP) is 5.87. The Kier molecular flexibility index (Phi) is 5.60. The first kappa shape index (κ1) is 20.3. The lowest BCUT2D eigenvalue weighted by Crippen LogP contribution is -2.30. The van der Waals surface area contributed by atoms with E-state index in [9.17, 15) is 0 Å². The fraction of sp³-hybridized carbons (Fsp3) is 0.154. The van der Waals surface area contributed by atoms with Crippen LogP contribution in [0, 0.1) is 0 Å². The molecule has 32 heavy (non-hydrogen) atoms. The number of anilines is 1. The number of hydrogen-bond acceptors (Lipinski definition) is 3. The van der Waals surface area contributed by atoms with E-state index in [-0.39, 0.29) is 12.1 Å². The van der Waals surface area contributed by atoms with Crippen LogP contribution in [-0.4, -0.2) is 14.7 Å². The molecule has 0 aliphatic carbocycles. The zero-order chi connectivity index (χ0) is 21.9. The summed E-state index contributed by atoms with van der Waals surface area (Å²) in [7, 11) is 0. The first-order valence-corrected chi connectivity index (χ1v) is 11.1. The van der Waals surface area contributed by atoms with Crippen molar-refractivity contribution >= 4 is 23.0 Å². The van der Waals surface area contributed by atoms with Gasteiger partial charge >= 0.3 is 0 Å². The van der Waals surface area contributed by atoms with E-state index >= 15 is 0 Å². The van der Waals surface area contributed by atoms with Crippen molar-refractivity contribution in [1.29, 1.82) is 0 Å². The number of aryl methyl sites for hydroxylation is 1. The van der Waals surface area contributed by atoms with Crippen molar-refractivity contribution in [3.8, 4) is 11.5 Å². The number of thiocarbonyl (C=S) groups is 1. The maximum Gasteiger partial charge on any atom is 0.174 e. The van der Waals surface area contributed by atoms with Gasteiger partial charge < -0.3 is 19.5 Å². The van der Waals surface area contributed by atoms with Gasteiger partial charge in [0.1, 0.15) is 17.5 Å². The SMILES string of the molecule is CCn1cccc1C1C(c2ccccn2)NC(=S)N1c1ccc(Oc2ccccc2)cc1. The minimum Gasteiger partial charge on any atom is -0.457 e. The molecule has 2 aromatic carbocycles. The minimum absolute atomic E-state index is 0.0201. The molecule has 0 amide bonds. The lowest BCUT2D eigenvalue weighted by atomic mass is 10.0. The Morgan fingerprint density at radius 1 is 0.906 bits per heavy atom. The zero-order valence-corrected chi connectivity index (χ0v) is 18.6. The molecule has 5 nitrogen and oxygen atoms in total. The number of para-hydroxylation sites is 1. The van der Waals surface area contributed by atoms with Crippen molar-refractivity contribution in [2.24, 2.45) is 0 Å². The molecule has 2 unspecified atom stereocenters. The van der Waals surface area contributed by atoms with Crippen molar-refractivity contribution in [1.82, 2.24) is 14.9 Å². The van der Waals surface area contributed by atoms with Gasteiger partial charge in [-0.3, -0.25) is 4.98 Å². The summed E-state index contributed by atoms with van der Waals surface area (Å²) < 4.78 is 8.23. The van der Waals surface area contributed by atoms with Crippen molar-refractivity contribution in [2.45, 2.75) is 25.6 Å². The van der Waals surface area contributed by atoms with Crippen LogP contribution in [0.15, 0.2) is 97.3 Å². The maximum absolute atomic E-state index is 5.97. The van der Waals surface area contributed by atoms with E-state index in [4.69, 9.17) is 17.0 Å². The molecule has 4 aromatic rings. The number of rotatable bonds is 6. The Morgan fingerprint density at radius 2 is 1.66 bits per heavy atom. The van der Waals surface area contributed by atoms with Gasteiger partial charge in [0.05, 0.1) is 11.7 Å². The highest BCUT2D eigenvalue weighted by atomic mass is 32.1. The third kappa shape index (κ3) is 3.85. The van der Waals surface area contributed by atoms with Crippen LogP contribution in [0.2, 0.25) is 0 Å². The highest BCUT2D eigenvalue weighted by molar-refractivity contribution is 7.80. The van der Waals surface area contributed by atoms with Crippen LogP contribution in [0.5, 0.6) is 11.5 Å². The molecule has 160 valence electrons. The van der Waals surface area contributed by atoms with Crippen LogP contribution in [0.25, 0.3) is 0 Å². The van der Waals surface area contributed by atoms with Gasteiger partial charge in [0, 0.05) is 30.3 Å². The Hall–Kier alpha value is -3.64. The van der Waals surface area contributed by atoms with E-state index in [2.05, 4.69) is 57.2 Å². The molecule has 6 heteroatoms. The van der Waals surface area contributed by atoms with E-state index in [1.807, 2.05) is 66.9 Å². The molecule has 2 aromatic heterocycles. The first-order chi connectivity index (χ1) is 15.7. The molecule has 0 bridgehead atoms. The summed E-state index contributed by atoms with van der Waals surface area (Å²) >= 11 is 5.81. The Bertz CT molecular complexity index is 1190. The van der Waals surface area contributed by atoms with E-state index in [0.717, 1.165) is 29.4 Å². The average molecular weight is 441 g/mol. The minimum atomic E-state index is -0.0517. The van der Waals surface area contributed by atoms with Gasteiger partial charge in [-0.15, -0.1) is 0 Å². The third-order valence-corrected chi connectivity index (χ3v) is 6.01. The second-order valence-electron chi connectivity index (χ2n) is 7.62. The standard InChI is InChI=1S/C26H24N4OS/c1-2-29-18-8-12-23(29)25-24(22-11-6-7-17-27-22)28-26(32)30(25)19-13-15-21(16-14-19)31-20-9-4-3-5-10-20/h3-18,24-25H,2H2,1H3,(H,28,32). The van der Waals surface area contributed by atoms with Crippen LogP contribution in [0.1, 0.15) is 30.4 Å². The van der Waals surface area contributed by atoms with Crippen molar-refractivity contribution < 1.29 is 4.74 Å². The molecular weight excluding hydrogens is 416 g/mol. The molecule has 0 spiro atoms. The van der Waals surface area contributed by atoms with Crippen LogP contribution >= 0.6 is 12.2 Å². The topological polar surface area (TPSA) is 42.3 Å². The van der Waals surface area contributed by atoms with Gasteiger partial charge in [-0.25, -0.2) is 0 Å². The van der Waals surface area contributed by atoms with Crippen LogP contribution < -0.4 is 15.0 Å². The molecule has 3 heterocycles. The fourth-order valence-electron chi connectivity index (χ4n) is 4.22. The fourth-order valence-corrected chi connectivity index (χ4v) is 4.56. The van der Waals surface area contributed by atoms with E-state index in [1.54, 1.807) is 0 Å². The largest absolute Gasteiger partial charge is 0.457 e. The number of nitrogens with zero attached hydrogens (tertiary/aromatic N) is 3. The predicted molar refractivity (Wildman–Crippen MR) is 131 cm³/mol. The monoisotopic (exact) mass is 440 g/mol. The van der Waals surface area contributed by atoms with Crippen molar-refractivity contribution in [3.63, 3.8) is 0 Å². The molecule has 1 aliphatic heterocycles. The summed E-state index contributed by atoms with van der Waals surface area (Å²) in [5.41, 5.74) is 3.17. The van der Waals surface area contributed by atoms with E-state index in [1.165, 1.54) is 5.69 Å². The molecule has 0 saturated carbocycles. The summed E-state index contributed by atoms with van der Waals surface area (Å²) in [5, 5.41) is 4.20. The summed E-state index contributed by atoms with van der Waals surface area (Å²) in [4.78, 5) is 6.80.